The second-order valence-electron chi connectivity index (χ2n) is 4.56. The predicted octanol–water partition coefficient (Wildman–Crippen LogP) is 1.28. The summed E-state index contributed by atoms with van der Waals surface area (Å²) in [4.78, 5) is 23.0. The first-order chi connectivity index (χ1) is 9.63. The Morgan fingerprint density at radius 3 is 2.60 bits per heavy atom. The van der Waals surface area contributed by atoms with Crippen molar-refractivity contribution in [3.63, 3.8) is 0 Å². The zero-order valence-electron chi connectivity index (χ0n) is 11.3. The van der Waals surface area contributed by atoms with Crippen molar-refractivity contribution in [2.75, 3.05) is 0 Å². The van der Waals surface area contributed by atoms with Gasteiger partial charge in [0.2, 0.25) is 11.8 Å². The number of unbranched alkanes of at least 4 members (excludes halogenated alkanes) is 1. The summed E-state index contributed by atoms with van der Waals surface area (Å²) in [7, 11) is 0. The molecule has 0 aromatic heterocycles. The first-order valence-corrected chi connectivity index (χ1v) is 6.63. The van der Waals surface area contributed by atoms with Gasteiger partial charge in [-0.15, -0.1) is 0 Å². The lowest BCUT2D eigenvalue weighted by molar-refractivity contribution is -0.127. The Morgan fingerprint density at radius 2 is 2.00 bits per heavy atom. The molecule has 0 aliphatic rings. The van der Waals surface area contributed by atoms with Crippen molar-refractivity contribution in [2.45, 2.75) is 38.1 Å². The highest BCUT2D eigenvalue weighted by Gasteiger charge is 2.17. The number of primary amides is 1. The van der Waals surface area contributed by atoms with Gasteiger partial charge in [0.05, 0.1) is 6.07 Å². The summed E-state index contributed by atoms with van der Waals surface area (Å²) in [5, 5.41) is 11.1. The average molecular weight is 273 g/mol. The predicted molar refractivity (Wildman–Crippen MR) is 75.4 cm³/mol. The Labute approximate surface area is 118 Å². The maximum absolute atomic E-state index is 11.8. The number of nitrogens with zero attached hydrogens (tertiary/aromatic N) is 1. The molecule has 0 heterocycles. The summed E-state index contributed by atoms with van der Waals surface area (Å²) in [6.07, 6.45) is 2.23. The van der Waals surface area contributed by atoms with Crippen LogP contribution >= 0.6 is 0 Å². The van der Waals surface area contributed by atoms with Gasteiger partial charge in [0.1, 0.15) is 6.04 Å². The molecule has 0 spiro atoms. The molecule has 5 nitrogen and oxygen atoms in total. The fourth-order valence-corrected chi connectivity index (χ4v) is 1.84. The third-order valence-corrected chi connectivity index (χ3v) is 2.94. The zero-order valence-corrected chi connectivity index (χ0v) is 11.3. The van der Waals surface area contributed by atoms with Crippen molar-refractivity contribution < 1.29 is 9.59 Å². The van der Waals surface area contributed by atoms with Gasteiger partial charge >= 0.3 is 0 Å². The molecule has 106 valence electrons. The molecule has 0 saturated carbocycles. The normalized spacial score (nSPS) is 11.3. The number of hydrogen-bond donors (Lipinski definition) is 2. The van der Waals surface area contributed by atoms with Gasteiger partial charge in [0, 0.05) is 12.8 Å². The van der Waals surface area contributed by atoms with Gasteiger partial charge in [0.15, 0.2) is 0 Å². The van der Waals surface area contributed by atoms with E-state index in [2.05, 4.69) is 5.32 Å². The Bertz CT molecular complexity index is 480. The van der Waals surface area contributed by atoms with Crippen LogP contribution in [-0.4, -0.2) is 17.9 Å². The molecule has 0 saturated heterocycles. The Balaban J connectivity index is 2.38. The minimum atomic E-state index is -0.688. The van der Waals surface area contributed by atoms with Gasteiger partial charge in [-0.3, -0.25) is 9.59 Å². The van der Waals surface area contributed by atoms with Crippen LogP contribution in [0.15, 0.2) is 30.3 Å². The van der Waals surface area contributed by atoms with Crippen molar-refractivity contribution in [3.05, 3.63) is 35.9 Å². The summed E-state index contributed by atoms with van der Waals surface area (Å²) in [6.45, 7) is 0. The second-order valence-corrected chi connectivity index (χ2v) is 4.56. The molecule has 0 radical (unpaired) electrons. The topological polar surface area (TPSA) is 96.0 Å². The first-order valence-electron chi connectivity index (χ1n) is 6.63. The van der Waals surface area contributed by atoms with Gasteiger partial charge in [-0.2, -0.15) is 5.26 Å². The van der Waals surface area contributed by atoms with Gasteiger partial charge in [-0.05, 0) is 24.8 Å². The number of nitrogens with one attached hydrogen (secondary N) is 1. The van der Waals surface area contributed by atoms with E-state index in [0.717, 1.165) is 5.56 Å². The maximum atomic E-state index is 11.8. The van der Waals surface area contributed by atoms with E-state index in [0.29, 0.717) is 32.1 Å². The molecule has 5 heteroatoms. The summed E-state index contributed by atoms with van der Waals surface area (Å²) in [6, 6.07) is 11.0. The van der Waals surface area contributed by atoms with Gasteiger partial charge in [-0.25, -0.2) is 0 Å². The van der Waals surface area contributed by atoms with Crippen LogP contribution in [0.1, 0.15) is 31.2 Å². The number of hydrogen-bond acceptors (Lipinski definition) is 3. The van der Waals surface area contributed by atoms with Gasteiger partial charge < -0.3 is 11.1 Å². The van der Waals surface area contributed by atoms with Crippen LogP contribution in [0.3, 0.4) is 0 Å². The highest BCUT2D eigenvalue weighted by Crippen LogP contribution is 2.04. The lowest BCUT2D eigenvalue weighted by atomic mass is 10.1. The van der Waals surface area contributed by atoms with Crippen LogP contribution in [0.5, 0.6) is 0 Å². The smallest absolute Gasteiger partial charge is 0.240 e. The number of amides is 2. The standard InChI is InChI=1S/C15H19N3O2/c16-11-5-4-8-13(15(17)20)18-14(19)10-9-12-6-2-1-3-7-12/h1-3,6-7,13H,4-5,8-10H2,(H2,17,20)(H,18,19)/t13-/m1/s1. The zero-order chi connectivity index (χ0) is 14.8. The molecule has 3 N–H and O–H groups in total. The first kappa shape index (κ1) is 15.7. The van der Waals surface area contributed by atoms with Crippen molar-refractivity contribution in [3.8, 4) is 6.07 Å². The molecular weight excluding hydrogens is 254 g/mol. The molecule has 0 bridgehead atoms. The largest absolute Gasteiger partial charge is 0.368 e. The molecule has 0 unspecified atom stereocenters. The SMILES string of the molecule is N#CCCC[C@@H](NC(=O)CCc1ccccc1)C(N)=O. The van der Waals surface area contributed by atoms with E-state index in [1.165, 1.54) is 0 Å². The minimum Gasteiger partial charge on any atom is -0.368 e. The van der Waals surface area contributed by atoms with Crippen molar-refractivity contribution >= 4 is 11.8 Å². The molecule has 0 fully saturated rings. The lowest BCUT2D eigenvalue weighted by Crippen LogP contribution is -2.44. The van der Waals surface area contributed by atoms with E-state index in [4.69, 9.17) is 11.0 Å². The fourth-order valence-electron chi connectivity index (χ4n) is 1.84. The van der Waals surface area contributed by atoms with E-state index >= 15 is 0 Å². The van der Waals surface area contributed by atoms with Crippen LogP contribution in [0.2, 0.25) is 0 Å². The highest BCUT2D eigenvalue weighted by atomic mass is 16.2. The Morgan fingerprint density at radius 1 is 1.30 bits per heavy atom. The molecule has 20 heavy (non-hydrogen) atoms. The molecule has 1 aromatic rings. The van der Waals surface area contributed by atoms with Gasteiger partial charge in [0.25, 0.3) is 0 Å². The summed E-state index contributed by atoms with van der Waals surface area (Å²) >= 11 is 0. The molecule has 1 aromatic carbocycles. The average Bonchev–Trinajstić information content (AvgIpc) is 2.45. The van der Waals surface area contributed by atoms with Crippen molar-refractivity contribution in [2.24, 2.45) is 5.73 Å². The quantitative estimate of drug-likeness (QED) is 0.698. The van der Waals surface area contributed by atoms with E-state index in [9.17, 15) is 9.59 Å². The third kappa shape index (κ3) is 6.01. The van der Waals surface area contributed by atoms with Crippen LogP contribution in [0.25, 0.3) is 0 Å². The van der Waals surface area contributed by atoms with Crippen LogP contribution in [-0.2, 0) is 16.0 Å². The van der Waals surface area contributed by atoms with Crippen LogP contribution in [0, 0.1) is 11.3 Å². The molecule has 2 amide bonds. The third-order valence-electron chi connectivity index (χ3n) is 2.94. The molecular formula is C15H19N3O2. The summed E-state index contributed by atoms with van der Waals surface area (Å²) < 4.78 is 0. The number of carbonyl (C=O) groups is 2. The molecule has 1 atom stereocenters. The van der Waals surface area contributed by atoms with Crippen LogP contribution in [0.4, 0.5) is 0 Å². The second kappa shape index (κ2) is 8.70. The number of nitriles is 1. The minimum absolute atomic E-state index is 0.199. The van der Waals surface area contributed by atoms with Crippen LogP contribution < -0.4 is 11.1 Å². The lowest BCUT2D eigenvalue weighted by Gasteiger charge is -2.14. The monoisotopic (exact) mass is 273 g/mol. The summed E-state index contributed by atoms with van der Waals surface area (Å²) in [5.74, 6) is -0.759. The fraction of sp³-hybridized carbons (Fsp3) is 0.400. The van der Waals surface area contributed by atoms with E-state index in [1.807, 2.05) is 36.4 Å². The number of aryl methyl sites for hydroxylation is 1. The Hall–Kier alpha value is -2.35. The van der Waals surface area contributed by atoms with E-state index in [1.54, 1.807) is 0 Å². The maximum Gasteiger partial charge on any atom is 0.240 e. The molecule has 1 rings (SSSR count). The summed E-state index contributed by atoms with van der Waals surface area (Å²) in [5.41, 5.74) is 6.31. The number of benzene rings is 1. The number of nitrogens with two attached hydrogens (primary N) is 1. The van der Waals surface area contributed by atoms with Gasteiger partial charge in [-0.1, -0.05) is 30.3 Å². The number of rotatable bonds is 8. The number of carbonyl (C=O) groups excluding carboxylic acids is 2. The Kier molecular flexibility index (Phi) is 6.83. The molecule has 0 aliphatic carbocycles. The van der Waals surface area contributed by atoms with E-state index < -0.39 is 11.9 Å². The van der Waals surface area contributed by atoms with Crippen molar-refractivity contribution in [1.29, 1.82) is 5.26 Å². The molecule has 0 aliphatic heterocycles. The van der Waals surface area contributed by atoms with E-state index in [-0.39, 0.29) is 5.91 Å². The van der Waals surface area contributed by atoms with Crippen molar-refractivity contribution in [1.82, 2.24) is 5.32 Å². The highest BCUT2D eigenvalue weighted by molar-refractivity contribution is 5.86.